The number of carboxylic acid groups (broad SMARTS) is 1. The van der Waals surface area contributed by atoms with Gasteiger partial charge in [0, 0.05) is 48.4 Å². The minimum atomic E-state index is -1.37. The molecule has 4 rings (SSSR count). The average Bonchev–Trinajstić information content (AvgIpc) is 2.74. The highest BCUT2D eigenvalue weighted by atomic mass is 16.5. The maximum atomic E-state index is 12.6. The van der Waals surface area contributed by atoms with Gasteiger partial charge >= 0.3 is 0 Å². The number of carbonyl (C=O) groups excluding carboxylic acids is 2. The molecule has 2 aliphatic heterocycles. The van der Waals surface area contributed by atoms with Crippen molar-refractivity contribution in [3.8, 4) is 17.2 Å². The Labute approximate surface area is 172 Å². The number of amides is 1. The summed E-state index contributed by atoms with van der Waals surface area (Å²) < 4.78 is 6.67. The van der Waals surface area contributed by atoms with E-state index in [1.54, 1.807) is 27.7 Å². The summed E-state index contributed by atoms with van der Waals surface area (Å²) in [5.41, 5.74) is 2.88. The molecule has 0 saturated carbocycles. The van der Waals surface area contributed by atoms with Crippen molar-refractivity contribution >= 4 is 11.9 Å². The van der Waals surface area contributed by atoms with Gasteiger partial charge < -0.3 is 24.1 Å². The average molecular weight is 406 g/mol. The first kappa shape index (κ1) is 19.9. The summed E-state index contributed by atoms with van der Waals surface area (Å²) in [6.07, 6.45) is 0.842. The second kappa shape index (κ2) is 8.13. The molecule has 1 aromatic carbocycles. The van der Waals surface area contributed by atoms with Crippen LogP contribution in [0.25, 0.3) is 11.1 Å². The molecule has 0 N–H and O–H groups in total. The molecule has 8 heteroatoms. The molecule has 3 heterocycles. The van der Waals surface area contributed by atoms with E-state index in [1.165, 1.54) is 6.07 Å². The second-order valence-corrected chi connectivity index (χ2v) is 7.70. The number of hydrogen-bond acceptors (Lipinski definition) is 6. The highest BCUT2D eigenvalue weighted by molar-refractivity contribution is 5.78. The molecule has 8 nitrogen and oxygen atoms in total. The van der Waals surface area contributed by atoms with E-state index >= 15 is 0 Å². The van der Waals surface area contributed by atoms with Crippen LogP contribution in [0, 0.1) is 17.2 Å². The van der Waals surface area contributed by atoms with Gasteiger partial charge in [-0.1, -0.05) is 18.2 Å². The Morgan fingerprint density at radius 3 is 2.67 bits per heavy atom. The van der Waals surface area contributed by atoms with Crippen molar-refractivity contribution in [3.05, 3.63) is 58.0 Å². The van der Waals surface area contributed by atoms with Crippen LogP contribution in [-0.4, -0.2) is 47.6 Å². The molecule has 2 aliphatic rings. The van der Waals surface area contributed by atoms with Gasteiger partial charge in [0.2, 0.25) is 5.91 Å². The van der Waals surface area contributed by atoms with Gasteiger partial charge in [-0.15, -0.1) is 0 Å². The molecule has 154 valence electrons. The van der Waals surface area contributed by atoms with Gasteiger partial charge in [-0.3, -0.25) is 9.59 Å². The van der Waals surface area contributed by atoms with E-state index in [0.29, 0.717) is 25.2 Å². The van der Waals surface area contributed by atoms with Crippen molar-refractivity contribution in [2.24, 2.45) is 5.92 Å². The molecule has 2 bridgehead atoms. The number of carboxylic acids is 1. The zero-order chi connectivity index (χ0) is 21.3. The summed E-state index contributed by atoms with van der Waals surface area (Å²) in [5, 5.41) is 20.0. The third kappa shape index (κ3) is 3.72. The van der Waals surface area contributed by atoms with Crippen LogP contribution in [0.1, 0.15) is 23.6 Å². The number of ether oxygens (including phenoxy) is 1. The molecule has 1 saturated heterocycles. The quantitative estimate of drug-likeness (QED) is 0.695. The van der Waals surface area contributed by atoms with Crippen molar-refractivity contribution in [3.63, 3.8) is 0 Å². The first-order valence-electron chi connectivity index (χ1n) is 9.76. The zero-order valence-electron chi connectivity index (χ0n) is 16.2. The minimum absolute atomic E-state index is 0.0572. The lowest BCUT2D eigenvalue weighted by Crippen LogP contribution is -2.50. The summed E-state index contributed by atoms with van der Waals surface area (Å²) >= 11 is 0. The fraction of sp³-hybridized carbons (Fsp3) is 0.364. The molecule has 1 fully saturated rings. The number of nitriles is 1. The van der Waals surface area contributed by atoms with Crippen molar-refractivity contribution in [1.29, 1.82) is 5.26 Å². The maximum Gasteiger partial charge on any atom is 0.250 e. The van der Waals surface area contributed by atoms with Crippen LogP contribution in [0.4, 0.5) is 0 Å². The predicted octanol–water partition coefficient (Wildman–Crippen LogP) is 0.0992. The van der Waals surface area contributed by atoms with Crippen LogP contribution in [0.5, 0.6) is 0 Å². The molecule has 0 unspecified atom stereocenters. The predicted molar refractivity (Wildman–Crippen MR) is 104 cm³/mol. The number of rotatable bonds is 5. The number of pyridine rings is 1. The number of hydrogen-bond donors (Lipinski definition) is 0. The lowest BCUT2D eigenvalue weighted by molar-refractivity contribution is -0.309. The zero-order valence-corrected chi connectivity index (χ0v) is 16.2. The topological polar surface area (TPSA) is 115 Å². The summed E-state index contributed by atoms with van der Waals surface area (Å²) in [5.74, 6) is -1.58. The van der Waals surface area contributed by atoms with Crippen LogP contribution >= 0.6 is 0 Å². The molecule has 0 radical (unpaired) electrons. The number of nitrogens with zero attached hydrogens (tertiary/aromatic N) is 3. The Bertz CT molecular complexity index is 1100. The number of piperidine rings is 1. The van der Waals surface area contributed by atoms with Crippen molar-refractivity contribution in [2.75, 3.05) is 26.3 Å². The van der Waals surface area contributed by atoms with E-state index in [0.717, 1.165) is 23.2 Å². The summed E-state index contributed by atoms with van der Waals surface area (Å²) in [6, 6.07) is 12.8. The lowest BCUT2D eigenvalue weighted by Gasteiger charge is -2.43. The van der Waals surface area contributed by atoms with Gasteiger partial charge in [-0.25, -0.2) is 0 Å². The van der Waals surface area contributed by atoms with Crippen molar-refractivity contribution in [2.45, 2.75) is 18.9 Å². The third-order valence-electron chi connectivity index (χ3n) is 5.73. The van der Waals surface area contributed by atoms with E-state index < -0.39 is 12.6 Å². The summed E-state index contributed by atoms with van der Waals surface area (Å²) in [7, 11) is 0. The Hall–Kier alpha value is -3.44. The Kier molecular flexibility index (Phi) is 5.38. The van der Waals surface area contributed by atoms with E-state index in [-0.39, 0.29) is 29.9 Å². The Morgan fingerprint density at radius 2 is 1.90 bits per heavy atom. The fourth-order valence-corrected chi connectivity index (χ4v) is 4.57. The summed E-state index contributed by atoms with van der Waals surface area (Å²) in [4.78, 5) is 37.3. The molecular formula is C22H20N3O5-. The molecule has 2 aromatic rings. The fourth-order valence-electron chi connectivity index (χ4n) is 4.57. The van der Waals surface area contributed by atoms with Crippen molar-refractivity contribution in [1.82, 2.24) is 9.47 Å². The van der Waals surface area contributed by atoms with Crippen LogP contribution in [-0.2, 0) is 20.9 Å². The van der Waals surface area contributed by atoms with Crippen molar-refractivity contribution < 1.29 is 19.4 Å². The number of benzene rings is 1. The number of aliphatic carboxylic acids is 1. The molecule has 2 atom stereocenters. The van der Waals surface area contributed by atoms with Crippen LogP contribution in [0.3, 0.4) is 0 Å². The Morgan fingerprint density at radius 1 is 1.10 bits per heavy atom. The molecule has 1 amide bonds. The van der Waals surface area contributed by atoms with E-state index in [9.17, 15) is 24.8 Å². The van der Waals surface area contributed by atoms with Gasteiger partial charge in [0.15, 0.2) is 0 Å². The highest BCUT2D eigenvalue weighted by Crippen LogP contribution is 2.40. The SMILES string of the molecule is N#Cc1ccccc1-c1ccc(=O)n2c1[C@@H]1C[C@@H](CN(C(=O)COCC(=O)[O-])C1)C2. The number of aromatic nitrogens is 1. The first-order valence-corrected chi connectivity index (χ1v) is 9.76. The first-order chi connectivity index (χ1) is 14.5. The van der Waals surface area contributed by atoms with Crippen LogP contribution in [0.2, 0.25) is 0 Å². The van der Waals surface area contributed by atoms with Crippen LogP contribution < -0.4 is 10.7 Å². The summed E-state index contributed by atoms with van der Waals surface area (Å²) in [6.45, 7) is 0.458. The molecule has 30 heavy (non-hydrogen) atoms. The lowest BCUT2D eigenvalue weighted by atomic mass is 9.80. The number of carbonyl (C=O) groups is 2. The van der Waals surface area contributed by atoms with E-state index in [4.69, 9.17) is 4.74 Å². The van der Waals surface area contributed by atoms with Gasteiger partial charge in [0.25, 0.3) is 5.56 Å². The molecule has 1 aromatic heterocycles. The highest BCUT2D eigenvalue weighted by Gasteiger charge is 2.38. The van der Waals surface area contributed by atoms with Crippen LogP contribution in [0.15, 0.2) is 41.2 Å². The standard InChI is InChI=1S/C22H21N3O5/c23-8-15-3-1-2-4-17(15)18-5-6-19(26)25-10-14-7-16(22(18)25)11-24(9-14)20(27)12-30-13-21(28)29/h1-6,14,16H,7,9-13H2,(H,28,29)/p-1/t14-,16+/m0/s1. The monoisotopic (exact) mass is 406 g/mol. The van der Waals surface area contributed by atoms with Gasteiger partial charge in [-0.05, 0) is 24.5 Å². The largest absolute Gasteiger partial charge is 0.548 e. The number of likely N-dealkylation sites (tertiary alicyclic amines) is 1. The van der Waals surface area contributed by atoms with E-state index in [2.05, 4.69) is 6.07 Å². The Balaban J connectivity index is 1.67. The number of fused-ring (bicyclic) bond motifs is 4. The van der Waals surface area contributed by atoms with E-state index in [1.807, 2.05) is 12.1 Å². The molecular weight excluding hydrogens is 386 g/mol. The van der Waals surface area contributed by atoms with Gasteiger partial charge in [0.1, 0.15) is 6.61 Å². The smallest absolute Gasteiger partial charge is 0.250 e. The minimum Gasteiger partial charge on any atom is -0.548 e. The molecule has 0 aliphatic carbocycles. The second-order valence-electron chi connectivity index (χ2n) is 7.70. The van der Waals surface area contributed by atoms with Gasteiger partial charge in [-0.2, -0.15) is 5.26 Å². The molecule has 0 spiro atoms. The maximum absolute atomic E-state index is 12.6. The normalized spacial score (nSPS) is 19.6. The third-order valence-corrected chi connectivity index (χ3v) is 5.73. The van der Waals surface area contributed by atoms with Gasteiger partial charge in [0.05, 0.1) is 24.2 Å².